The summed E-state index contributed by atoms with van der Waals surface area (Å²) in [5.41, 5.74) is 1.62. The molecular weight excluding hydrogens is 194 g/mol. The quantitative estimate of drug-likeness (QED) is 0.525. The molecule has 1 rings (SSSR count). The van der Waals surface area contributed by atoms with Gasteiger partial charge in [-0.05, 0) is 25.5 Å². The fourth-order valence-electron chi connectivity index (χ4n) is 1.88. The summed E-state index contributed by atoms with van der Waals surface area (Å²) in [6, 6.07) is 10.7. The Morgan fingerprint density at radius 2 is 1.75 bits per heavy atom. The van der Waals surface area contributed by atoms with Crippen LogP contribution in [0.4, 0.5) is 0 Å². The highest BCUT2D eigenvalue weighted by Crippen LogP contribution is 2.24. The van der Waals surface area contributed by atoms with Crippen LogP contribution in [0.1, 0.15) is 19.4 Å². The van der Waals surface area contributed by atoms with E-state index in [1.807, 2.05) is 6.08 Å². The third kappa shape index (κ3) is 2.96. The first-order valence-corrected chi connectivity index (χ1v) is 5.87. The van der Waals surface area contributed by atoms with Crippen molar-refractivity contribution in [1.29, 1.82) is 0 Å². The van der Waals surface area contributed by atoms with E-state index < -0.39 is 0 Å². The summed E-state index contributed by atoms with van der Waals surface area (Å²) in [5.74, 6) is 0. The van der Waals surface area contributed by atoms with Gasteiger partial charge in [0.15, 0.2) is 0 Å². The number of quaternary nitrogens is 1. The molecule has 0 aromatic heterocycles. The highest BCUT2D eigenvalue weighted by molar-refractivity contribution is 5.16. The topological polar surface area (TPSA) is 0 Å². The van der Waals surface area contributed by atoms with E-state index in [0.717, 1.165) is 17.4 Å². The van der Waals surface area contributed by atoms with Crippen molar-refractivity contribution < 1.29 is 4.48 Å². The van der Waals surface area contributed by atoms with E-state index in [4.69, 9.17) is 0 Å². The Morgan fingerprint density at radius 3 is 2.25 bits per heavy atom. The van der Waals surface area contributed by atoms with Crippen LogP contribution in [0.25, 0.3) is 0 Å². The average molecular weight is 218 g/mol. The van der Waals surface area contributed by atoms with Crippen LogP contribution in [-0.2, 0) is 6.42 Å². The summed E-state index contributed by atoms with van der Waals surface area (Å²) in [5, 5.41) is 0. The van der Waals surface area contributed by atoms with Crippen LogP contribution in [0.15, 0.2) is 43.0 Å². The van der Waals surface area contributed by atoms with E-state index in [1.165, 1.54) is 5.56 Å². The molecule has 1 aromatic rings. The molecule has 0 heterocycles. The Bertz CT molecular complexity index is 336. The third-order valence-corrected chi connectivity index (χ3v) is 3.70. The van der Waals surface area contributed by atoms with E-state index >= 15 is 0 Å². The van der Waals surface area contributed by atoms with Gasteiger partial charge in [-0.1, -0.05) is 36.9 Å². The van der Waals surface area contributed by atoms with Crippen LogP contribution in [0.5, 0.6) is 0 Å². The second-order valence-corrected chi connectivity index (χ2v) is 5.63. The summed E-state index contributed by atoms with van der Waals surface area (Å²) >= 11 is 0. The van der Waals surface area contributed by atoms with Gasteiger partial charge in [-0.25, -0.2) is 0 Å². The van der Waals surface area contributed by atoms with E-state index in [9.17, 15) is 0 Å². The smallest absolute Gasteiger partial charge is 0.0974 e. The molecule has 0 fully saturated rings. The molecule has 88 valence electrons. The highest BCUT2D eigenvalue weighted by atomic mass is 15.4. The zero-order valence-electron chi connectivity index (χ0n) is 11.0. The monoisotopic (exact) mass is 218 g/mol. The largest absolute Gasteiger partial charge is 0.321 e. The van der Waals surface area contributed by atoms with Crippen LogP contribution in [-0.4, -0.2) is 30.7 Å². The van der Waals surface area contributed by atoms with Gasteiger partial charge >= 0.3 is 0 Å². The first-order chi connectivity index (χ1) is 7.39. The van der Waals surface area contributed by atoms with E-state index in [2.05, 4.69) is 64.9 Å². The normalized spacial score (nSPS) is 12.5. The second kappa shape index (κ2) is 4.84. The van der Waals surface area contributed by atoms with Crippen LogP contribution < -0.4 is 0 Å². The summed E-state index contributed by atoms with van der Waals surface area (Å²) in [4.78, 5) is 0. The lowest BCUT2D eigenvalue weighted by atomic mass is 9.91. The Balaban J connectivity index is 2.82. The maximum atomic E-state index is 3.85. The number of nitrogens with zero attached hydrogens (tertiary/aromatic N) is 1. The maximum Gasteiger partial charge on any atom is 0.0974 e. The van der Waals surface area contributed by atoms with Crippen LogP contribution >= 0.6 is 0 Å². The molecule has 0 aliphatic heterocycles. The summed E-state index contributed by atoms with van der Waals surface area (Å²) in [6.07, 6.45) is 3.10. The SMILES string of the molecule is C=CC[N+](C)(C)C(C)(C)Cc1ccccc1. The van der Waals surface area contributed by atoms with Gasteiger partial charge in [0.05, 0.1) is 26.2 Å². The first-order valence-electron chi connectivity index (χ1n) is 5.87. The average Bonchev–Trinajstić information content (AvgIpc) is 2.18. The maximum absolute atomic E-state index is 3.85. The van der Waals surface area contributed by atoms with Gasteiger partial charge in [-0.15, -0.1) is 0 Å². The molecule has 16 heavy (non-hydrogen) atoms. The standard InChI is InChI=1S/C15H24N/c1-6-12-16(4,5)15(2,3)13-14-10-8-7-9-11-14/h6-11H,1,12-13H2,2-5H3/q+1. The van der Waals surface area contributed by atoms with E-state index in [0.29, 0.717) is 0 Å². The van der Waals surface area contributed by atoms with Gasteiger partial charge in [0, 0.05) is 6.42 Å². The fourth-order valence-corrected chi connectivity index (χ4v) is 1.88. The molecule has 1 heteroatoms. The van der Waals surface area contributed by atoms with Crippen molar-refractivity contribution in [3.05, 3.63) is 48.6 Å². The van der Waals surface area contributed by atoms with Gasteiger partial charge in [0.25, 0.3) is 0 Å². The number of benzene rings is 1. The molecule has 0 atom stereocenters. The van der Waals surface area contributed by atoms with Crippen molar-refractivity contribution in [2.45, 2.75) is 25.8 Å². The van der Waals surface area contributed by atoms with Gasteiger partial charge < -0.3 is 4.48 Å². The minimum absolute atomic E-state index is 0.218. The number of rotatable bonds is 5. The molecule has 1 nitrogen and oxygen atoms in total. The van der Waals surface area contributed by atoms with Crippen molar-refractivity contribution in [2.75, 3.05) is 20.6 Å². The van der Waals surface area contributed by atoms with Gasteiger partial charge in [0.1, 0.15) is 0 Å². The fraction of sp³-hybridized carbons (Fsp3) is 0.467. The number of hydrogen-bond acceptors (Lipinski definition) is 0. The zero-order valence-corrected chi connectivity index (χ0v) is 11.0. The Hall–Kier alpha value is -1.08. The lowest BCUT2D eigenvalue weighted by Crippen LogP contribution is -2.57. The van der Waals surface area contributed by atoms with Crippen LogP contribution in [0, 0.1) is 0 Å². The molecule has 0 radical (unpaired) electrons. The predicted octanol–water partition coefficient (Wildman–Crippen LogP) is 3.27. The van der Waals surface area contributed by atoms with Crippen molar-refractivity contribution in [1.82, 2.24) is 0 Å². The molecule has 0 N–H and O–H groups in total. The lowest BCUT2D eigenvalue weighted by molar-refractivity contribution is -0.932. The molecule has 0 spiro atoms. The van der Waals surface area contributed by atoms with Crippen molar-refractivity contribution >= 4 is 0 Å². The molecule has 0 aliphatic rings. The van der Waals surface area contributed by atoms with Crippen molar-refractivity contribution in [2.24, 2.45) is 0 Å². The highest BCUT2D eigenvalue weighted by Gasteiger charge is 2.35. The summed E-state index contributed by atoms with van der Waals surface area (Å²) < 4.78 is 0.964. The van der Waals surface area contributed by atoms with E-state index in [1.54, 1.807) is 0 Å². The van der Waals surface area contributed by atoms with Crippen molar-refractivity contribution in [3.63, 3.8) is 0 Å². The van der Waals surface area contributed by atoms with Gasteiger partial charge in [0.2, 0.25) is 0 Å². The van der Waals surface area contributed by atoms with Crippen molar-refractivity contribution in [3.8, 4) is 0 Å². The molecule has 1 aromatic carbocycles. The predicted molar refractivity (Wildman–Crippen MR) is 71.4 cm³/mol. The Labute approximate surface area is 100.0 Å². The molecule has 0 amide bonds. The minimum Gasteiger partial charge on any atom is -0.321 e. The van der Waals surface area contributed by atoms with Gasteiger partial charge in [-0.3, -0.25) is 0 Å². The zero-order chi connectivity index (χ0) is 12.2. The van der Waals surface area contributed by atoms with Crippen LogP contribution in [0.2, 0.25) is 0 Å². The van der Waals surface area contributed by atoms with Gasteiger partial charge in [-0.2, -0.15) is 0 Å². The molecule has 0 aliphatic carbocycles. The third-order valence-electron chi connectivity index (χ3n) is 3.70. The lowest BCUT2D eigenvalue weighted by Gasteiger charge is -2.44. The Kier molecular flexibility index (Phi) is 3.93. The molecule has 0 saturated carbocycles. The molecular formula is C15H24N+. The molecule has 0 saturated heterocycles. The Morgan fingerprint density at radius 1 is 1.19 bits per heavy atom. The number of likely N-dealkylation sites (N-methyl/N-ethyl adjacent to an activating group) is 1. The summed E-state index contributed by atoms with van der Waals surface area (Å²) in [7, 11) is 4.54. The minimum atomic E-state index is 0.218. The van der Waals surface area contributed by atoms with E-state index in [-0.39, 0.29) is 5.54 Å². The number of hydrogen-bond donors (Lipinski definition) is 0. The van der Waals surface area contributed by atoms with Crippen LogP contribution in [0.3, 0.4) is 0 Å². The first kappa shape index (κ1) is 13.0. The molecule has 0 unspecified atom stereocenters. The second-order valence-electron chi connectivity index (χ2n) is 5.63. The summed E-state index contributed by atoms with van der Waals surface area (Å²) in [6.45, 7) is 9.50. The molecule has 0 bridgehead atoms.